The molecule has 1 radical (unpaired) electrons. The molecule has 0 aliphatic heterocycles. The highest BCUT2D eigenvalue weighted by molar-refractivity contribution is 6.48. The molecule has 1 heterocycles. The molecule has 1 aromatic rings. The van der Waals surface area contributed by atoms with E-state index in [9.17, 15) is 0 Å². The summed E-state index contributed by atoms with van der Waals surface area (Å²) in [5, 5.41) is 0. The summed E-state index contributed by atoms with van der Waals surface area (Å²) in [6.07, 6.45) is 3.17. The van der Waals surface area contributed by atoms with Crippen LogP contribution in [0.2, 0.25) is 6.82 Å². The summed E-state index contributed by atoms with van der Waals surface area (Å²) in [5.41, 5.74) is 0. The average molecular weight is 93.9 g/mol. The van der Waals surface area contributed by atoms with Crippen LogP contribution in [0.4, 0.5) is 0 Å². The SMILES string of the molecule is C[B]c1ncco1. The van der Waals surface area contributed by atoms with E-state index < -0.39 is 0 Å². The molecule has 0 amide bonds. The molecule has 0 aromatic carbocycles. The second kappa shape index (κ2) is 1.82. The van der Waals surface area contributed by atoms with E-state index in [1.807, 2.05) is 6.82 Å². The fourth-order valence-electron chi connectivity index (χ4n) is 0.377. The van der Waals surface area contributed by atoms with Crippen LogP contribution in [0, 0.1) is 0 Å². The van der Waals surface area contributed by atoms with Gasteiger partial charge in [-0.2, -0.15) is 0 Å². The molecule has 0 aliphatic rings. The predicted molar refractivity (Wildman–Crippen MR) is 27.8 cm³/mol. The van der Waals surface area contributed by atoms with Crippen LogP contribution in [-0.4, -0.2) is 12.3 Å². The molecule has 35 valence electrons. The van der Waals surface area contributed by atoms with E-state index in [1.54, 1.807) is 19.7 Å². The van der Waals surface area contributed by atoms with Gasteiger partial charge in [0.05, 0.1) is 6.20 Å². The minimum Gasteiger partial charge on any atom is -0.460 e. The van der Waals surface area contributed by atoms with E-state index in [0.29, 0.717) is 5.79 Å². The highest BCUT2D eigenvalue weighted by atomic mass is 16.3. The first-order chi connectivity index (χ1) is 3.43. The molecule has 0 atom stereocenters. The van der Waals surface area contributed by atoms with Crippen molar-refractivity contribution in [1.29, 1.82) is 0 Å². The number of hydrogen-bond acceptors (Lipinski definition) is 2. The van der Waals surface area contributed by atoms with Gasteiger partial charge in [-0.25, -0.2) is 4.98 Å². The predicted octanol–water partition coefficient (Wildman–Crippen LogP) is 0.0522. The summed E-state index contributed by atoms with van der Waals surface area (Å²) >= 11 is 0. The highest BCUT2D eigenvalue weighted by Gasteiger charge is 1.88. The third kappa shape index (κ3) is 0.826. The Morgan fingerprint density at radius 3 is 3.00 bits per heavy atom. The van der Waals surface area contributed by atoms with Crippen molar-refractivity contribution in [2.45, 2.75) is 6.82 Å². The van der Waals surface area contributed by atoms with Crippen molar-refractivity contribution in [3.8, 4) is 0 Å². The number of aromatic nitrogens is 1. The van der Waals surface area contributed by atoms with Crippen molar-refractivity contribution in [2.75, 3.05) is 0 Å². The Morgan fingerprint density at radius 2 is 2.71 bits per heavy atom. The van der Waals surface area contributed by atoms with Crippen LogP contribution in [0.1, 0.15) is 0 Å². The zero-order chi connectivity index (χ0) is 5.11. The molecule has 2 nitrogen and oxygen atoms in total. The lowest BCUT2D eigenvalue weighted by molar-refractivity contribution is 0.595. The van der Waals surface area contributed by atoms with Gasteiger partial charge in [-0.05, 0) is 0 Å². The molecule has 3 heteroatoms. The maximum Gasteiger partial charge on any atom is 0.226 e. The first kappa shape index (κ1) is 4.43. The molecule has 0 fully saturated rings. The van der Waals surface area contributed by atoms with Gasteiger partial charge in [-0.3, -0.25) is 0 Å². The zero-order valence-corrected chi connectivity index (χ0v) is 4.09. The van der Waals surface area contributed by atoms with Crippen LogP contribution >= 0.6 is 0 Å². The quantitative estimate of drug-likeness (QED) is 0.459. The molecule has 0 aliphatic carbocycles. The van der Waals surface area contributed by atoms with Crippen molar-refractivity contribution in [2.24, 2.45) is 0 Å². The lowest BCUT2D eigenvalue weighted by atomic mass is 9.83. The smallest absolute Gasteiger partial charge is 0.226 e. The Bertz CT molecular complexity index is 126. The molecule has 0 unspecified atom stereocenters. The summed E-state index contributed by atoms with van der Waals surface area (Å²) in [4.78, 5) is 3.81. The highest BCUT2D eigenvalue weighted by Crippen LogP contribution is 1.72. The Hall–Kier alpha value is -0.725. The van der Waals surface area contributed by atoms with E-state index in [-0.39, 0.29) is 0 Å². The fraction of sp³-hybridized carbons (Fsp3) is 0.250. The van der Waals surface area contributed by atoms with Gasteiger partial charge in [0.25, 0.3) is 0 Å². The minimum absolute atomic E-state index is 0.681. The van der Waals surface area contributed by atoms with Crippen LogP contribution in [0.5, 0.6) is 0 Å². The van der Waals surface area contributed by atoms with Crippen molar-refractivity contribution >= 4 is 13.1 Å². The third-order valence-electron chi connectivity index (χ3n) is 0.698. The molecule has 1 aromatic heterocycles. The third-order valence-corrected chi connectivity index (χ3v) is 0.698. The number of rotatable bonds is 1. The van der Waals surface area contributed by atoms with Crippen LogP contribution in [0.25, 0.3) is 0 Å². The van der Waals surface area contributed by atoms with Crippen molar-refractivity contribution in [1.82, 2.24) is 4.98 Å². The second-order valence-corrected chi connectivity index (χ2v) is 1.16. The van der Waals surface area contributed by atoms with Gasteiger partial charge >= 0.3 is 0 Å². The first-order valence-corrected chi connectivity index (χ1v) is 2.12. The molecule has 0 saturated heterocycles. The minimum atomic E-state index is 0.681. The fourth-order valence-corrected chi connectivity index (χ4v) is 0.377. The van der Waals surface area contributed by atoms with E-state index in [4.69, 9.17) is 4.42 Å². The lowest BCUT2D eigenvalue weighted by Crippen LogP contribution is -2.09. The van der Waals surface area contributed by atoms with E-state index in [1.165, 1.54) is 0 Å². The summed E-state index contributed by atoms with van der Waals surface area (Å²) in [6, 6.07) is 0. The summed E-state index contributed by atoms with van der Waals surface area (Å²) in [7, 11) is 1.81. The van der Waals surface area contributed by atoms with Crippen LogP contribution in [0.3, 0.4) is 0 Å². The van der Waals surface area contributed by atoms with Gasteiger partial charge in [-0.15, -0.1) is 0 Å². The average Bonchev–Trinajstić information content (AvgIpc) is 2.14. The van der Waals surface area contributed by atoms with Gasteiger partial charge in [0.1, 0.15) is 12.1 Å². The largest absolute Gasteiger partial charge is 0.460 e. The topological polar surface area (TPSA) is 26.0 Å². The number of hydrogen-bond donors (Lipinski definition) is 0. The van der Waals surface area contributed by atoms with Crippen molar-refractivity contribution in [3.05, 3.63) is 12.5 Å². The van der Waals surface area contributed by atoms with Gasteiger partial charge in [0, 0.05) is 0 Å². The lowest BCUT2D eigenvalue weighted by Gasteiger charge is -1.75. The van der Waals surface area contributed by atoms with E-state index in [0.717, 1.165) is 0 Å². The molecular formula is C4H5BNO. The summed E-state index contributed by atoms with van der Waals surface area (Å²) in [6.45, 7) is 1.88. The van der Waals surface area contributed by atoms with E-state index in [2.05, 4.69) is 4.98 Å². The monoisotopic (exact) mass is 94.0 g/mol. The second-order valence-electron chi connectivity index (χ2n) is 1.16. The molecule has 0 N–H and O–H groups in total. The van der Waals surface area contributed by atoms with E-state index >= 15 is 0 Å². The Balaban J connectivity index is 2.76. The summed E-state index contributed by atoms with van der Waals surface area (Å²) < 4.78 is 4.82. The molecule has 7 heavy (non-hydrogen) atoms. The number of oxazole rings is 1. The maximum absolute atomic E-state index is 4.82. The van der Waals surface area contributed by atoms with Crippen LogP contribution < -0.4 is 5.79 Å². The standard InChI is InChI=1S/C4H5BNO/c1-5-4-6-2-3-7-4/h2-3H,1H3. The van der Waals surface area contributed by atoms with Crippen molar-refractivity contribution < 1.29 is 4.42 Å². The Kier molecular flexibility index (Phi) is 1.15. The van der Waals surface area contributed by atoms with Gasteiger partial charge in [0.15, 0.2) is 0 Å². The van der Waals surface area contributed by atoms with Crippen LogP contribution in [-0.2, 0) is 0 Å². The van der Waals surface area contributed by atoms with Crippen molar-refractivity contribution in [3.63, 3.8) is 0 Å². The molecular weight excluding hydrogens is 88.9 g/mol. The maximum atomic E-state index is 4.82. The van der Waals surface area contributed by atoms with Gasteiger partial charge in [-0.1, -0.05) is 6.82 Å². The molecule has 0 saturated carbocycles. The Labute approximate surface area is 42.8 Å². The van der Waals surface area contributed by atoms with Gasteiger partial charge < -0.3 is 4.42 Å². The number of nitrogens with zero attached hydrogens (tertiary/aromatic N) is 1. The zero-order valence-electron chi connectivity index (χ0n) is 4.09. The normalized spacial score (nSPS) is 8.71. The molecule has 1 rings (SSSR count). The van der Waals surface area contributed by atoms with Crippen LogP contribution in [0.15, 0.2) is 16.9 Å². The van der Waals surface area contributed by atoms with Gasteiger partial charge in [0.2, 0.25) is 7.28 Å². The molecule has 0 spiro atoms. The molecule has 0 bridgehead atoms. The summed E-state index contributed by atoms with van der Waals surface area (Å²) in [5.74, 6) is 0.681. The Morgan fingerprint density at radius 1 is 1.86 bits per heavy atom. The first-order valence-electron chi connectivity index (χ1n) is 2.12.